The van der Waals surface area contributed by atoms with Crippen LogP contribution >= 0.6 is 11.6 Å². The van der Waals surface area contributed by atoms with Gasteiger partial charge in [-0.15, -0.1) is 0 Å². The number of aromatic nitrogens is 2. The van der Waals surface area contributed by atoms with Gasteiger partial charge in [0.15, 0.2) is 11.5 Å². The van der Waals surface area contributed by atoms with Gasteiger partial charge in [0.2, 0.25) is 5.82 Å². The minimum absolute atomic E-state index is 0.0324. The fourth-order valence-electron chi connectivity index (χ4n) is 1.55. The van der Waals surface area contributed by atoms with E-state index in [1.54, 1.807) is 0 Å². The van der Waals surface area contributed by atoms with E-state index in [9.17, 15) is 13.2 Å². The summed E-state index contributed by atoms with van der Waals surface area (Å²) in [6, 6.07) is 2.74. The standard InChI is InChI=1S/C11H8ClF3N2O2/c1-18-7-3-5-6(4-8(7)19-2)16-10(11(13,14)15)17-9(5)12/h3-4H,1-2H3. The number of nitrogens with zero attached hydrogens (tertiary/aromatic N) is 2. The van der Waals surface area contributed by atoms with Crippen molar-refractivity contribution in [2.24, 2.45) is 0 Å². The number of rotatable bonds is 2. The normalized spacial score (nSPS) is 11.7. The predicted molar refractivity (Wildman–Crippen MR) is 62.7 cm³/mol. The highest BCUT2D eigenvalue weighted by Gasteiger charge is 2.35. The third-order valence-electron chi connectivity index (χ3n) is 2.41. The van der Waals surface area contributed by atoms with Gasteiger partial charge in [0.1, 0.15) is 5.15 Å². The molecule has 2 rings (SSSR count). The lowest BCUT2D eigenvalue weighted by Gasteiger charge is -2.11. The molecule has 2 aromatic rings. The quantitative estimate of drug-likeness (QED) is 0.797. The van der Waals surface area contributed by atoms with Crippen molar-refractivity contribution in [1.29, 1.82) is 0 Å². The Kier molecular flexibility index (Phi) is 3.40. The van der Waals surface area contributed by atoms with Crippen LogP contribution in [0, 0.1) is 0 Å². The molecule has 0 atom stereocenters. The van der Waals surface area contributed by atoms with Crippen molar-refractivity contribution in [3.8, 4) is 11.5 Å². The Balaban J connectivity index is 2.74. The topological polar surface area (TPSA) is 44.2 Å². The number of ether oxygens (including phenoxy) is 2. The van der Waals surface area contributed by atoms with E-state index in [4.69, 9.17) is 21.1 Å². The van der Waals surface area contributed by atoms with Gasteiger partial charge in [0, 0.05) is 11.5 Å². The number of hydrogen-bond acceptors (Lipinski definition) is 4. The first-order chi connectivity index (χ1) is 8.86. The molecule has 1 aromatic heterocycles. The molecule has 0 saturated carbocycles. The SMILES string of the molecule is COc1cc2nc(C(F)(F)F)nc(Cl)c2cc1OC. The lowest BCUT2D eigenvalue weighted by atomic mass is 10.2. The van der Waals surface area contributed by atoms with Gasteiger partial charge in [0.05, 0.1) is 19.7 Å². The van der Waals surface area contributed by atoms with Gasteiger partial charge in [-0.2, -0.15) is 13.2 Å². The Morgan fingerprint density at radius 2 is 1.63 bits per heavy atom. The molecule has 0 aliphatic carbocycles. The van der Waals surface area contributed by atoms with E-state index in [2.05, 4.69) is 9.97 Å². The third-order valence-corrected chi connectivity index (χ3v) is 2.70. The van der Waals surface area contributed by atoms with Crippen LogP contribution in [0.3, 0.4) is 0 Å². The second kappa shape index (κ2) is 4.73. The van der Waals surface area contributed by atoms with E-state index in [1.165, 1.54) is 26.4 Å². The maximum Gasteiger partial charge on any atom is 0.451 e. The van der Waals surface area contributed by atoms with Crippen LogP contribution in [-0.4, -0.2) is 24.2 Å². The Bertz CT molecular complexity index is 631. The zero-order valence-corrected chi connectivity index (χ0v) is 10.6. The average molecular weight is 293 g/mol. The summed E-state index contributed by atoms with van der Waals surface area (Å²) >= 11 is 5.75. The molecule has 0 aliphatic heterocycles. The van der Waals surface area contributed by atoms with Crippen molar-refractivity contribution in [2.75, 3.05) is 14.2 Å². The minimum Gasteiger partial charge on any atom is -0.493 e. The molecule has 0 bridgehead atoms. The van der Waals surface area contributed by atoms with E-state index < -0.39 is 12.0 Å². The van der Waals surface area contributed by atoms with Gasteiger partial charge < -0.3 is 9.47 Å². The second-order valence-corrected chi connectivity index (χ2v) is 3.92. The van der Waals surface area contributed by atoms with Gasteiger partial charge in [0.25, 0.3) is 0 Å². The van der Waals surface area contributed by atoms with E-state index in [0.717, 1.165) is 0 Å². The van der Waals surface area contributed by atoms with Crippen LogP contribution < -0.4 is 9.47 Å². The predicted octanol–water partition coefficient (Wildman–Crippen LogP) is 3.32. The summed E-state index contributed by atoms with van der Waals surface area (Å²) in [6.45, 7) is 0. The van der Waals surface area contributed by atoms with Gasteiger partial charge in [-0.25, -0.2) is 9.97 Å². The smallest absolute Gasteiger partial charge is 0.451 e. The maximum absolute atomic E-state index is 12.6. The minimum atomic E-state index is -4.66. The highest BCUT2D eigenvalue weighted by Crippen LogP contribution is 2.36. The fourth-order valence-corrected chi connectivity index (χ4v) is 1.78. The van der Waals surface area contributed by atoms with E-state index >= 15 is 0 Å². The average Bonchev–Trinajstić information content (AvgIpc) is 2.36. The van der Waals surface area contributed by atoms with E-state index in [0.29, 0.717) is 5.75 Å². The molecule has 8 heteroatoms. The molecule has 1 aromatic carbocycles. The second-order valence-electron chi connectivity index (χ2n) is 3.56. The molecule has 0 unspecified atom stereocenters. The molecule has 0 spiro atoms. The lowest BCUT2D eigenvalue weighted by Crippen LogP contribution is -2.11. The van der Waals surface area contributed by atoms with Crippen molar-refractivity contribution >= 4 is 22.5 Å². The number of benzene rings is 1. The van der Waals surface area contributed by atoms with Gasteiger partial charge in [-0.3, -0.25) is 0 Å². The summed E-state index contributed by atoms with van der Waals surface area (Å²) < 4.78 is 47.8. The van der Waals surface area contributed by atoms with Gasteiger partial charge in [-0.05, 0) is 6.07 Å². The molecular weight excluding hydrogens is 285 g/mol. The van der Waals surface area contributed by atoms with Crippen LogP contribution in [0.4, 0.5) is 13.2 Å². The summed E-state index contributed by atoms with van der Waals surface area (Å²) in [5.41, 5.74) is 0.0324. The van der Waals surface area contributed by atoms with Gasteiger partial charge >= 0.3 is 6.18 Å². The first kappa shape index (κ1) is 13.7. The lowest BCUT2D eigenvalue weighted by molar-refractivity contribution is -0.144. The summed E-state index contributed by atoms with van der Waals surface area (Å²) in [7, 11) is 2.78. The highest BCUT2D eigenvalue weighted by atomic mass is 35.5. The van der Waals surface area contributed by atoms with Crippen molar-refractivity contribution in [2.45, 2.75) is 6.18 Å². The van der Waals surface area contributed by atoms with Crippen LogP contribution in [0.2, 0.25) is 5.15 Å². The van der Waals surface area contributed by atoms with E-state index in [-0.39, 0.29) is 21.8 Å². The Morgan fingerprint density at radius 3 is 2.16 bits per heavy atom. The summed E-state index contributed by atoms with van der Waals surface area (Å²) in [5, 5.41) is -0.0365. The molecule has 0 radical (unpaired) electrons. The zero-order valence-electron chi connectivity index (χ0n) is 9.88. The number of halogens is 4. The molecule has 0 amide bonds. The first-order valence-corrected chi connectivity index (χ1v) is 5.41. The number of methoxy groups -OCH3 is 2. The molecule has 0 fully saturated rings. The Morgan fingerprint density at radius 1 is 1.05 bits per heavy atom. The van der Waals surface area contributed by atoms with Crippen molar-refractivity contribution in [1.82, 2.24) is 9.97 Å². The molecule has 1 heterocycles. The van der Waals surface area contributed by atoms with Crippen molar-refractivity contribution in [3.63, 3.8) is 0 Å². The van der Waals surface area contributed by atoms with Crippen LogP contribution in [0.1, 0.15) is 5.82 Å². The highest BCUT2D eigenvalue weighted by molar-refractivity contribution is 6.34. The molecule has 4 nitrogen and oxygen atoms in total. The van der Waals surface area contributed by atoms with E-state index in [1.807, 2.05) is 0 Å². The third kappa shape index (κ3) is 2.51. The number of alkyl halides is 3. The molecule has 102 valence electrons. The van der Waals surface area contributed by atoms with Crippen molar-refractivity contribution < 1.29 is 22.6 Å². The van der Waals surface area contributed by atoms with Crippen LogP contribution in [0.15, 0.2) is 12.1 Å². The summed E-state index contributed by atoms with van der Waals surface area (Å²) in [6.07, 6.45) is -4.66. The zero-order chi connectivity index (χ0) is 14.2. The van der Waals surface area contributed by atoms with Crippen molar-refractivity contribution in [3.05, 3.63) is 23.1 Å². The number of fused-ring (bicyclic) bond motifs is 1. The van der Waals surface area contributed by atoms with Crippen LogP contribution in [-0.2, 0) is 6.18 Å². The first-order valence-electron chi connectivity index (χ1n) is 5.03. The largest absolute Gasteiger partial charge is 0.493 e. The van der Waals surface area contributed by atoms with Gasteiger partial charge in [-0.1, -0.05) is 11.6 Å². The molecule has 0 aliphatic rings. The molecular formula is C11H8ClF3N2O2. The molecule has 0 N–H and O–H groups in total. The Hall–Kier alpha value is -1.76. The summed E-state index contributed by atoms with van der Waals surface area (Å²) in [5.74, 6) is -0.699. The summed E-state index contributed by atoms with van der Waals surface area (Å²) in [4.78, 5) is 6.67. The molecule has 19 heavy (non-hydrogen) atoms. The van der Waals surface area contributed by atoms with Crippen LogP contribution in [0.25, 0.3) is 10.9 Å². The Labute approximate surface area is 111 Å². The molecule has 0 saturated heterocycles. The fraction of sp³-hybridized carbons (Fsp3) is 0.273. The monoisotopic (exact) mass is 292 g/mol. The maximum atomic E-state index is 12.6. The van der Waals surface area contributed by atoms with Crippen LogP contribution in [0.5, 0.6) is 11.5 Å². The number of hydrogen-bond donors (Lipinski definition) is 0.